The molecule has 2 rings (SSSR count). The lowest BCUT2D eigenvalue weighted by molar-refractivity contribution is 1.21. The Balaban J connectivity index is 2.45. The molecule has 0 aliphatic heterocycles. The Morgan fingerprint density at radius 3 is 2.67 bits per heavy atom. The number of nitrogens with zero attached hydrogens (tertiary/aromatic N) is 3. The molecule has 0 fully saturated rings. The molecule has 0 saturated heterocycles. The summed E-state index contributed by atoms with van der Waals surface area (Å²) < 4.78 is 0.524. The molecule has 2 aromatic rings. The lowest BCUT2D eigenvalue weighted by Gasteiger charge is -1.90. The average Bonchev–Trinajstić information content (AvgIpc) is 2.54. The highest BCUT2D eigenvalue weighted by Gasteiger charge is 2.02. The van der Waals surface area contributed by atoms with E-state index in [0.29, 0.717) is 4.47 Å². The van der Waals surface area contributed by atoms with Crippen molar-refractivity contribution >= 4 is 22.9 Å². The van der Waals surface area contributed by atoms with Gasteiger partial charge in [0.25, 0.3) is 0 Å². The molecule has 5 heteroatoms. The Morgan fingerprint density at radius 2 is 2.08 bits per heavy atom. The van der Waals surface area contributed by atoms with Crippen molar-refractivity contribution in [1.29, 1.82) is 0 Å². The summed E-state index contributed by atoms with van der Waals surface area (Å²) in [5.74, 6) is 0. The van der Waals surface area contributed by atoms with Gasteiger partial charge < -0.3 is 0 Å². The second-order valence-electron chi connectivity index (χ2n) is 2.07. The van der Waals surface area contributed by atoms with Gasteiger partial charge in [0, 0.05) is 18.6 Å². The number of halogens is 1. The predicted octanol–water partition coefficient (Wildman–Crippen LogP) is 2.25. The van der Waals surface area contributed by atoms with Crippen molar-refractivity contribution in [2.75, 3.05) is 0 Å². The molecule has 60 valence electrons. The second kappa shape index (κ2) is 3.16. The van der Waals surface area contributed by atoms with Crippen molar-refractivity contribution in [3.05, 3.63) is 29.3 Å². The summed E-state index contributed by atoms with van der Waals surface area (Å²) in [7, 11) is 0. The quantitative estimate of drug-likeness (QED) is 0.704. The lowest BCUT2D eigenvalue weighted by atomic mass is 10.4. The molecule has 2 heterocycles. The topological polar surface area (TPSA) is 38.7 Å². The third-order valence-electron chi connectivity index (χ3n) is 1.29. The first-order valence-corrected chi connectivity index (χ1v) is 4.43. The zero-order chi connectivity index (χ0) is 8.39. The maximum Gasteiger partial charge on any atom is 0.184 e. The third kappa shape index (κ3) is 1.44. The van der Waals surface area contributed by atoms with E-state index in [-0.39, 0.29) is 0 Å². The summed E-state index contributed by atoms with van der Waals surface area (Å²) in [6, 6.07) is 0. The number of hydrogen-bond donors (Lipinski definition) is 0. The molecule has 0 aromatic carbocycles. The SMILES string of the molecule is Clc1ncc(-c2cnccn2)s1. The van der Waals surface area contributed by atoms with Gasteiger partial charge in [0.1, 0.15) is 5.69 Å². The van der Waals surface area contributed by atoms with Crippen molar-refractivity contribution in [3.63, 3.8) is 0 Å². The molecule has 0 spiro atoms. The Bertz CT molecular complexity index is 373. The Hall–Kier alpha value is -1.00. The van der Waals surface area contributed by atoms with Gasteiger partial charge >= 0.3 is 0 Å². The molecule has 0 aliphatic rings. The van der Waals surface area contributed by atoms with Gasteiger partial charge in [0.2, 0.25) is 0 Å². The first-order chi connectivity index (χ1) is 5.86. The van der Waals surface area contributed by atoms with E-state index >= 15 is 0 Å². The molecule has 0 amide bonds. The van der Waals surface area contributed by atoms with Crippen molar-refractivity contribution in [1.82, 2.24) is 15.0 Å². The lowest BCUT2D eigenvalue weighted by Crippen LogP contribution is -1.79. The van der Waals surface area contributed by atoms with Crippen molar-refractivity contribution in [2.45, 2.75) is 0 Å². The third-order valence-corrected chi connectivity index (χ3v) is 2.43. The Kier molecular flexibility index (Phi) is 2.01. The Labute approximate surface area is 78.1 Å². The Morgan fingerprint density at radius 1 is 1.17 bits per heavy atom. The number of hydrogen-bond acceptors (Lipinski definition) is 4. The van der Waals surface area contributed by atoms with Crippen LogP contribution in [-0.4, -0.2) is 15.0 Å². The van der Waals surface area contributed by atoms with Gasteiger partial charge in [-0.1, -0.05) is 11.6 Å². The normalized spacial score (nSPS) is 10.1. The smallest absolute Gasteiger partial charge is 0.184 e. The fourth-order valence-electron chi connectivity index (χ4n) is 0.798. The van der Waals surface area contributed by atoms with Crippen LogP contribution in [0.15, 0.2) is 24.8 Å². The average molecular weight is 198 g/mol. The highest BCUT2D eigenvalue weighted by atomic mass is 35.5. The minimum atomic E-state index is 0.524. The van der Waals surface area contributed by atoms with Gasteiger partial charge in [-0.2, -0.15) is 0 Å². The largest absolute Gasteiger partial charge is 0.261 e. The van der Waals surface area contributed by atoms with Gasteiger partial charge in [0.05, 0.1) is 11.1 Å². The first-order valence-electron chi connectivity index (χ1n) is 3.24. The molecule has 12 heavy (non-hydrogen) atoms. The molecule has 0 bridgehead atoms. The molecular formula is C7H4ClN3S. The van der Waals surface area contributed by atoms with E-state index in [1.54, 1.807) is 24.8 Å². The summed E-state index contributed by atoms with van der Waals surface area (Å²) in [4.78, 5) is 12.9. The van der Waals surface area contributed by atoms with Gasteiger partial charge in [0.15, 0.2) is 4.47 Å². The number of aromatic nitrogens is 3. The maximum atomic E-state index is 5.67. The van der Waals surface area contributed by atoms with Gasteiger partial charge in [-0.15, -0.1) is 11.3 Å². The van der Waals surface area contributed by atoms with Crippen molar-refractivity contribution in [2.24, 2.45) is 0 Å². The van der Waals surface area contributed by atoms with Crippen molar-refractivity contribution in [3.8, 4) is 10.6 Å². The summed E-state index contributed by atoms with van der Waals surface area (Å²) in [5.41, 5.74) is 0.807. The highest BCUT2D eigenvalue weighted by Crippen LogP contribution is 2.25. The van der Waals surface area contributed by atoms with Crippen LogP contribution in [0, 0.1) is 0 Å². The van der Waals surface area contributed by atoms with E-state index < -0.39 is 0 Å². The highest BCUT2D eigenvalue weighted by molar-refractivity contribution is 7.18. The molecule has 2 aromatic heterocycles. The van der Waals surface area contributed by atoms with E-state index in [1.165, 1.54) is 11.3 Å². The van der Waals surface area contributed by atoms with Crippen LogP contribution in [-0.2, 0) is 0 Å². The summed E-state index contributed by atoms with van der Waals surface area (Å²) in [5, 5.41) is 0. The molecule has 0 unspecified atom stereocenters. The molecule has 0 saturated carbocycles. The van der Waals surface area contributed by atoms with Crippen LogP contribution in [0.4, 0.5) is 0 Å². The minimum Gasteiger partial charge on any atom is -0.261 e. The number of rotatable bonds is 1. The zero-order valence-electron chi connectivity index (χ0n) is 5.94. The van der Waals surface area contributed by atoms with Gasteiger partial charge in [-0.3, -0.25) is 9.97 Å². The van der Waals surface area contributed by atoms with Gasteiger partial charge in [-0.05, 0) is 0 Å². The van der Waals surface area contributed by atoms with Crippen LogP contribution in [0.25, 0.3) is 10.6 Å². The van der Waals surface area contributed by atoms with Crippen LogP contribution < -0.4 is 0 Å². The van der Waals surface area contributed by atoms with E-state index in [4.69, 9.17) is 11.6 Å². The fourth-order valence-corrected chi connectivity index (χ4v) is 1.70. The predicted molar refractivity (Wildman–Crippen MR) is 48.2 cm³/mol. The molecule has 0 aliphatic carbocycles. The van der Waals surface area contributed by atoms with Crippen LogP contribution in [0.1, 0.15) is 0 Å². The fraction of sp³-hybridized carbons (Fsp3) is 0. The monoisotopic (exact) mass is 197 g/mol. The van der Waals surface area contributed by atoms with E-state index in [9.17, 15) is 0 Å². The van der Waals surface area contributed by atoms with E-state index in [2.05, 4.69) is 15.0 Å². The molecule has 3 nitrogen and oxygen atoms in total. The molecule has 0 radical (unpaired) electrons. The standard InChI is InChI=1S/C7H4ClN3S/c8-7-11-4-6(12-7)5-3-9-1-2-10-5/h1-4H. The van der Waals surface area contributed by atoms with E-state index in [1.807, 2.05) is 0 Å². The summed E-state index contributed by atoms with van der Waals surface area (Å²) >= 11 is 7.06. The number of thiazole rings is 1. The molecule has 0 N–H and O–H groups in total. The first kappa shape index (κ1) is 7.64. The maximum absolute atomic E-state index is 5.67. The van der Waals surface area contributed by atoms with Gasteiger partial charge in [-0.25, -0.2) is 4.98 Å². The molecular weight excluding hydrogens is 194 g/mol. The second-order valence-corrected chi connectivity index (χ2v) is 3.68. The van der Waals surface area contributed by atoms with Crippen LogP contribution in [0.3, 0.4) is 0 Å². The van der Waals surface area contributed by atoms with Crippen LogP contribution in [0.5, 0.6) is 0 Å². The molecule has 0 atom stereocenters. The summed E-state index contributed by atoms with van der Waals surface area (Å²) in [6.45, 7) is 0. The van der Waals surface area contributed by atoms with Crippen LogP contribution in [0.2, 0.25) is 4.47 Å². The minimum absolute atomic E-state index is 0.524. The summed E-state index contributed by atoms with van der Waals surface area (Å²) in [6.07, 6.45) is 6.65. The van der Waals surface area contributed by atoms with E-state index in [0.717, 1.165) is 10.6 Å². The van der Waals surface area contributed by atoms with Crippen molar-refractivity contribution < 1.29 is 0 Å². The zero-order valence-corrected chi connectivity index (χ0v) is 7.51. The van der Waals surface area contributed by atoms with Crippen LogP contribution >= 0.6 is 22.9 Å².